The van der Waals surface area contributed by atoms with Gasteiger partial charge in [-0.1, -0.05) is 24.3 Å². The Kier molecular flexibility index (Phi) is 4.06. The zero-order chi connectivity index (χ0) is 17.4. The number of aryl methyl sites for hydroxylation is 4. The van der Waals surface area contributed by atoms with E-state index in [9.17, 15) is 10.2 Å². The molecule has 0 bridgehead atoms. The summed E-state index contributed by atoms with van der Waals surface area (Å²) in [4.78, 5) is 0. The summed E-state index contributed by atoms with van der Waals surface area (Å²) in [5.41, 5.74) is 8.00. The highest BCUT2D eigenvalue weighted by atomic mass is 16.3. The fraction of sp³-hybridized carbons (Fsp3) is 0.182. The fourth-order valence-electron chi connectivity index (χ4n) is 3.10. The zero-order valence-corrected chi connectivity index (χ0v) is 14.5. The van der Waals surface area contributed by atoms with Gasteiger partial charge in [0.15, 0.2) is 0 Å². The van der Waals surface area contributed by atoms with Crippen LogP contribution in [-0.2, 0) is 0 Å². The normalized spacial score (nSPS) is 10.8. The van der Waals surface area contributed by atoms with Gasteiger partial charge in [-0.2, -0.15) is 0 Å². The molecule has 0 radical (unpaired) electrons. The third-order valence-electron chi connectivity index (χ3n) is 4.53. The van der Waals surface area contributed by atoms with E-state index >= 15 is 0 Å². The molecule has 0 aliphatic carbocycles. The van der Waals surface area contributed by atoms with Crippen molar-refractivity contribution in [3.63, 3.8) is 0 Å². The maximum Gasteiger partial charge on any atom is 0.121 e. The molecule has 0 fully saturated rings. The highest BCUT2D eigenvalue weighted by molar-refractivity contribution is 5.73. The predicted octanol–water partition coefficient (Wildman–Crippen LogP) is 5.67. The summed E-state index contributed by atoms with van der Waals surface area (Å²) in [5, 5.41) is 19.8. The van der Waals surface area contributed by atoms with Crippen LogP contribution in [0.15, 0.2) is 48.5 Å². The summed E-state index contributed by atoms with van der Waals surface area (Å²) >= 11 is 0. The number of benzene rings is 3. The molecule has 3 aromatic rings. The Bertz CT molecular complexity index is 783. The molecule has 0 heterocycles. The van der Waals surface area contributed by atoms with E-state index in [4.69, 9.17) is 0 Å². The molecule has 2 nitrogen and oxygen atoms in total. The molecule has 0 aliphatic heterocycles. The lowest BCUT2D eigenvalue weighted by molar-refractivity contribution is 0.466. The van der Waals surface area contributed by atoms with Crippen molar-refractivity contribution in [1.82, 2.24) is 0 Å². The van der Waals surface area contributed by atoms with Gasteiger partial charge in [0.2, 0.25) is 0 Å². The molecule has 24 heavy (non-hydrogen) atoms. The Morgan fingerprint density at radius 3 is 0.958 bits per heavy atom. The average molecular weight is 318 g/mol. The van der Waals surface area contributed by atoms with E-state index in [1.165, 1.54) is 0 Å². The van der Waals surface area contributed by atoms with E-state index in [1.807, 2.05) is 52.0 Å². The van der Waals surface area contributed by atoms with Gasteiger partial charge in [-0.05, 0) is 96.5 Å². The summed E-state index contributed by atoms with van der Waals surface area (Å²) in [5.74, 6) is 0.732. The van der Waals surface area contributed by atoms with Gasteiger partial charge < -0.3 is 10.2 Å². The van der Waals surface area contributed by atoms with Gasteiger partial charge in [0, 0.05) is 0 Å². The van der Waals surface area contributed by atoms with E-state index < -0.39 is 0 Å². The molecule has 3 aromatic carbocycles. The van der Waals surface area contributed by atoms with Crippen LogP contribution >= 0.6 is 0 Å². The van der Waals surface area contributed by atoms with Gasteiger partial charge in [-0.25, -0.2) is 0 Å². The van der Waals surface area contributed by atoms with Crippen LogP contribution in [0.25, 0.3) is 22.3 Å². The van der Waals surface area contributed by atoms with Crippen molar-refractivity contribution in [2.24, 2.45) is 0 Å². The second-order valence-electron chi connectivity index (χ2n) is 6.49. The molecule has 0 atom stereocenters. The Hall–Kier alpha value is -2.74. The standard InChI is InChI=1S/C22H22O2/c1-13-9-19(10-14(2)21(13)23)17-5-7-18(8-6-17)20-11-15(3)22(24)16(4)12-20/h5-12,23-24H,1-4H3. The van der Waals surface area contributed by atoms with Gasteiger partial charge in [-0.3, -0.25) is 0 Å². The monoisotopic (exact) mass is 318 g/mol. The summed E-state index contributed by atoms with van der Waals surface area (Å²) in [6, 6.07) is 16.4. The molecule has 0 saturated carbocycles. The lowest BCUT2D eigenvalue weighted by Gasteiger charge is -2.11. The topological polar surface area (TPSA) is 40.5 Å². The molecular weight excluding hydrogens is 296 g/mol. The van der Waals surface area contributed by atoms with Crippen molar-refractivity contribution < 1.29 is 10.2 Å². The first-order valence-electron chi connectivity index (χ1n) is 8.08. The zero-order valence-electron chi connectivity index (χ0n) is 14.5. The van der Waals surface area contributed by atoms with Crippen molar-refractivity contribution in [2.75, 3.05) is 0 Å². The van der Waals surface area contributed by atoms with E-state index in [1.54, 1.807) is 0 Å². The van der Waals surface area contributed by atoms with Crippen molar-refractivity contribution in [2.45, 2.75) is 27.7 Å². The van der Waals surface area contributed by atoms with Gasteiger partial charge >= 0.3 is 0 Å². The molecule has 0 unspecified atom stereocenters. The Balaban J connectivity index is 2.00. The van der Waals surface area contributed by atoms with Gasteiger partial charge in [0.05, 0.1) is 0 Å². The van der Waals surface area contributed by atoms with Crippen molar-refractivity contribution in [3.8, 4) is 33.8 Å². The second kappa shape index (κ2) is 6.04. The van der Waals surface area contributed by atoms with Gasteiger partial charge in [0.1, 0.15) is 11.5 Å². The summed E-state index contributed by atoms with van der Waals surface area (Å²) < 4.78 is 0. The number of phenols is 2. The van der Waals surface area contributed by atoms with Crippen molar-refractivity contribution in [3.05, 3.63) is 70.8 Å². The number of hydrogen-bond acceptors (Lipinski definition) is 2. The maximum absolute atomic E-state index is 9.92. The molecule has 0 saturated heterocycles. The summed E-state index contributed by atoms with van der Waals surface area (Å²) in [6.07, 6.45) is 0. The van der Waals surface area contributed by atoms with E-state index in [-0.39, 0.29) is 0 Å². The second-order valence-corrected chi connectivity index (χ2v) is 6.49. The van der Waals surface area contributed by atoms with Crippen LogP contribution < -0.4 is 0 Å². The first-order valence-corrected chi connectivity index (χ1v) is 8.08. The molecular formula is C22H22O2. The molecule has 2 heteroatoms. The smallest absolute Gasteiger partial charge is 0.121 e. The lowest BCUT2D eigenvalue weighted by atomic mass is 9.96. The number of aromatic hydroxyl groups is 2. The van der Waals surface area contributed by atoms with Crippen LogP contribution in [-0.4, -0.2) is 10.2 Å². The number of hydrogen-bond donors (Lipinski definition) is 2. The third-order valence-corrected chi connectivity index (χ3v) is 4.53. The third kappa shape index (κ3) is 2.88. The summed E-state index contributed by atoms with van der Waals surface area (Å²) in [6.45, 7) is 7.68. The van der Waals surface area contributed by atoms with Crippen LogP contribution in [0.5, 0.6) is 11.5 Å². The molecule has 0 aliphatic rings. The minimum atomic E-state index is 0.366. The lowest BCUT2D eigenvalue weighted by Crippen LogP contribution is -1.87. The SMILES string of the molecule is Cc1cc(-c2ccc(-c3cc(C)c(O)c(C)c3)cc2)cc(C)c1O. The van der Waals surface area contributed by atoms with Crippen LogP contribution in [0.3, 0.4) is 0 Å². The molecule has 2 N–H and O–H groups in total. The largest absolute Gasteiger partial charge is 0.507 e. The average Bonchev–Trinajstić information content (AvgIpc) is 2.57. The molecule has 3 rings (SSSR count). The first kappa shape index (κ1) is 16.1. The quantitative estimate of drug-likeness (QED) is 0.639. The molecule has 122 valence electrons. The van der Waals surface area contributed by atoms with Crippen LogP contribution in [0.2, 0.25) is 0 Å². The van der Waals surface area contributed by atoms with Crippen LogP contribution in [0.4, 0.5) is 0 Å². The minimum Gasteiger partial charge on any atom is -0.507 e. The highest BCUT2D eigenvalue weighted by Crippen LogP contribution is 2.32. The molecule has 0 spiro atoms. The first-order chi connectivity index (χ1) is 11.4. The summed E-state index contributed by atoms with van der Waals surface area (Å²) in [7, 11) is 0. The van der Waals surface area contributed by atoms with E-state index in [0.717, 1.165) is 44.5 Å². The maximum atomic E-state index is 9.92. The Morgan fingerprint density at radius 1 is 0.458 bits per heavy atom. The Labute approximate surface area is 143 Å². The minimum absolute atomic E-state index is 0.366. The number of phenolic OH excluding ortho intramolecular Hbond substituents is 2. The highest BCUT2D eigenvalue weighted by Gasteiger charge is 2.08. The van der Waals surface area contributed by atoms with E-state index in [2.05, 4.69) is 24.3 Å². The molecule has 0 amide bonds. The van der Waals surface area contributed by atoms with Crippen molar-refractivity contribution in [1.29, 1.82) is 0 Å². The van der Waals surface area contributed by atoms with Crippen molar-refractivity contribution >= 4 is 0 Å². The fourth-order valence-corrected chi connectivity index (χ4v) is 3.10. The predicted molar refractivity (Wildman–Crippen MR) is 99.6 cm³/mol. The Morgan fingerprint density at radius 2 is 0.708 bits per heavy atom. The molecule has 0 aromatic heterocycles. The number of rotatable bonds is 2. The van der Waals surface area contributed by atoms with Gasteiger partial charge in [0.25, 0.3) is 0 Å². The van der Waals surface area contributed by atoms with Crippen LogP contribution in [0.1, 0.15) is 22.3 Å². The van der Waals surface area contributed by atoms with Crippen LogP contribution in [0, 0.1) is 27.7 Å². The van der Waals surface area contributed by atoms with Gasteiger partial charge in [-0.15, -0.1) is 0 Å². The van der Waals surface area contributed by atoms with E-state index in [0.29, 0.717) is 11.5 Å².